The zero-order valence-electron chi connectivity index (χ0n) is 14.3. The monoisotopic (exact) mass is 383 g/mol. The molecular weight excluding hydrogens is 370 g/mol. The molecule has 1 heterocycles. The highest BCUT2D eigenvalue weighted by molar-refractivity contribution is 5.96. The molecule has 3 aromatic rings. The first-order chi connectivity index (χ1) is 13.5. The third-order valence-electron chi connectivity index (χ3n) is 3.69. The van der Waals surface area contributed by atoms with Crippen LogP contribution < -0.4 is 10.9 Å². The van der Waals surface area contributed by atoms with E-state index in [1.165, 1.54) is 18.2 Å². The Balaban J connectivity index is 1.57. The number of nitro groups is 1. The van der Waals surface area contributed by atoms with Crippen molar-refractivity contribution in [1.29, 1.82) is 0 Å². The normalized spacial score (nSPS) is 10.4. The fraction of sp³-hybridized carbons (Fsp3) is 0.118. The van der Waals surface area contributed by atoms with E-state index in [1.807, 2.05) is 0 Å². The van der Waals surface area contributed by atoms with Gasteiger partial charge in [0, 0.05) is 17.7 Å². The Morgan fingerprint density at radius 1 is 1.18 bits per heavy atom. The van der Waals surface area contributed by atoms with Gasteiger partial charge < -0.3 is 10.1 Å². The minimum Gasteiger partial charge on any atom is -0.441 e. The topological polar surface area (TPSA) is 146 Å². The maximum Gasteiger partial charge on any atom is 0.327 e. The number of non-ortho nitro benzene ring substituents is 1. The minimum atomic E-state index is -0.819. The van der Waals surface area contributed by atoms with Crippen molar-refractivity contribution in [2.45, 2.75) is 6.73 Å². The van der Waals surface area contributed by atoms with Crippen molar-refractivity contribution >= 4 is 28.5 Å². The number of ether oxygens (including phenoxy) is 1. The number of aromatic nitrogens is 3. The number of benzene rings is 2. The molecule has 0 unspecified atom stereocenters. The summed E-state index contributed by atoms with van der Waals surface area (Å²) < 4.78 is 5.78. The van der Waals surface area contributed by atoms with Crippen molar-refractivity contribution in [2.75, 3.05) is 6.54 Å². The van der Waals surface area contributed by atoms with Crippen LogP contribution >= 0.6 is 0 Å². The summed E-state index contributed by atoms with van der Waals surface area (Å²) in [4.78, 5) is 46.1. The van der Waals surface area contributed by atoms with Crippen LogP contribution in [-0.2, 0) is 16.3 Å². The first kappa shape index (κ1) is 18.6. The standard InChI is InChI=1S/C17H13N5O6/c23-15(9-18-16(24)11-4-3-5-12(8-11)22(26)27)28-10-21-17(25)13-6-1-2-7-14(13)19-20-21/h1-8H,9-10H2,(H,18,24). The third kappa shape index (κ3) is 4.15. The number of hydrogen-bond acceptors (Lipinski definition) is 8. The molecule has 1 N–H and O–H groups in total. The van der Waals surface area contributed by atoms with E-state index in [9.17, 15) is 24.5 Å². The Morgan fingerprint density at radius 3 is 2.75 bits per heavy atom. The number of nitro benzene ring substituents is 1. The highest BCUT2D eigenvalue weighted by Crippen LogP contribution is 2.12. The summed E-state index contributed by atoms with van der Waals surface area (Å²) in [6.07, 6.45) is 0. The van der Waals surface area contributed by atoms with Crippen molar-refractivity contribution in [3.8, 4) is 0 Å². The number of nitrogens with zero attached hydrogens (tertiary/aromatic N) is 4. The zero-order chi connectivity index (χ0) is 20.1. The number of hydrogen-bond donors (Lipinski definition) is 1. The van der Waals surface area contributed by atoms with Gasteiger partial charge in [0.15, 0.2) is 6.73 Å². The molecule has 0 saturated carbocycles. The van der Waals surface area contributed by atoms with E-state index in [4.69, 9.17) is 4.74 Å². The van der Waals surface area contributed by atoms with Crippen molar-refractivity contribution in [2.24, 2.45) is 0 Å². The van der Waals surface area contributed by atoms with Crippen LogP contribution in [-0.4, -0.2) is 38.3 Å². The predicted octanol–water partition coefficient (Wildman–Crippen LogP) is 0.630. The summed E-state index contributed by atoms with van der Waals surface area (Å²) in [6.45, 7) is -0.959. The number of amides is 1. The molecule has 0 saturated heterocycles. The average molecular weight is 383 g/mol. The first-order valence-corrected chi connectivity index (χ1v) is 7.96. The number of carbonyl (C=O) groups is 2. The van der Waals surface area contributed by atoms with Crippen molar-refractivity contribution in [3.63, 3.8) is 0 Å². The zero-order valence-corrected chi connectivity index (χ0v) is 14.3. The Bertz CT molecular complexity index is 1130. The molecule has 28 heavy (non-hydrogen) atoms. The van der Waals surface area contributed by atoms with Crippen molar-refractivity contribution < 1.29 is 19.2 Å². The predicted molar refractivity (Wildman–Crippen MR) is 95.3 cm³/mol. The molecule has 0 fully saturated rings. The van der Waals surface area contributed by atoms with E-state index in [0.29, 0.717) is 10.9 Å². The molecule has 0 spiro atoms. The maximum absolute atomic E-state index is 12.2. The molecule has 0 aliphatic carbocycles. The van der Waals surface area contributed by atoms with Crippen LogP contribution in [0.2, 0.25) is 0 Å². The number of fused-ring (bicyclic) bond motifs is 1. The van der Waals surface area contributed by atoms with Gasteiger partial charge in [-0.1, -0.05) is 23.4 Å². The molecule has 3 rings (SSSR count). The van der Waals surface area contributed by atoms with Gasteiger partial charge in [-0.2, -0.15) is 4.68 Å². The van der Waals surface area contributed by atoms with Crippen LogP contribution in [0.5, 0.6) is 0 Å². The van der Waals surface area contributed by atoms with Crippen LogP contribution in [0.25, 0.3) is 10.9 Å². The third-order valence-corrected chi connectivity index (χ3v) is 3.69. The van der Waals surface area contributed by atoms with E-state index in [0.717, 1.165) is 10.7 Å². The molecule has 0 aliphatic rings. The Hall–Kier alpha value is -4.15. The van der Waals surface area contributed by atoms with Gasteiger partial charge in [-0.05, 0) is 18.2 Å². The van der Waals surface area contributed by atoms with Gasteiger partial charge in [0.25, 0.3) is 17.2 Å². The highest BCUT2D eigenvalue weighted by Gasteiger charge is 2.13. The largest absolute Gasteiger partial charge is 0.441 e. The summed E-state index contributed by atoms with van der Waals surface area (Å²) in [5.41, 5.74) is -0.276. The molecule has 0 bridgehead atoms. The molecule has 0 atom stereocenters. The molecule has 11 nitrogen and oxygen atoms in total. The Morgan fingerprint density at radius 2 is 1.96 bits per heavy atom. The first-order valence-electron chi connectivity index (χ1n) is 7.96. The number of carbonyl (C=O) groups excluding carboxylic acids is 2. The summed E-state index contributed by atoms with van der Waals surface area (Å²) in [6, 6.07) is 11.6. The van der Waals surface area contributed by atoms with Gasteiger partial charge in [-0.15, -0.1) is 5.10 Å². The van der Waals surface area contributed by atoms with Crippen molar-refractivity contribution in [1.82, 2.24) is 20.3 Å². The molecule has 142 valence electrons. The molecule has 1 amide bonds. The molecule has 0 aliphatic heterocycles. The van der Waals surface area contributed by atoms with E-state index >= 15 is 0 Å². The van der Waals surface area contributed by atoms with E-state index in [2.05, 4.69) is 15.6 Å². The summed E-state index contributed by atoms with van der Waals surface area (Å²) in [5, 5.41) is 20.9. The molecule has 1 aromatic heterocycles. The quantitative estimate of drug-likeness (QED) is 0.370. The Kier molecular flexibility index (Phi) is 5.35. The number of esters is 1. The van der Waals surface area contributed by atoms with Crippen LogP contribution in [0.1, 0.15) is 10.4 Å². The smallest absolute Gasteiger partial charge is 0.327 e. The molecular formula is C17H13N5O6. The van der Waals surface area contributed by atoms with Crippen LogP contribution in [0, 0.1) is 10.1 Å². The Labute approximate surface area is 156 Å². The molecule has 11 heteroatoms. The lowest BCUT2D eigenvalue weighted by Crippen LogP contribution is -2.32. The second kappa shape index (κ2) is 8.03. The van der Waals surface area contributed by atoms with Crippen LogP contribution in [0.4, 0.5) is 5.69 Å². The highest BCUT2D eigenvalue weighted by atomic mass is 16.6. The van der Waals surface area contributed by atoms with Gasteiger partial charge in [0.1, 0.15) is 12.1 Å². The van der Waals surface area contributed by atoms with Gasteiger partial charge in [0.2, 0.25) is 0 Å². The average Bonchev–Trinajstić information content (AvgIpc) is 2.71. The van der Waals surface area contributed by atoms with E-state index < -0.39 is 35.6 Å². The fourth-order valence-electron chi connectivity index (χ4n) is 2.31. The number of nitrogens with one attached hydrogen (secondary N) is 1. The van der Waals surface area contributed by atoms with Crippen LogP contribution in [0.15, 0.2) is 53.3 Å². The number of rotatable bonds is 6. The van der Waals surface area contributed by atoms with E-state index in [-0.39, 0.29) is 11.3 Å². The van der Waals surface area contributed by atoms with E-state index in [1.54, 1.807) is 24.3 Å². The second-order valence-corrected chi connectivity index (χ2v) is 5.55. The fourth-order valence-corrected chi connectivity index (χ4v) is 2.31. The molecule has 0 radical (unpaired) electrons. The summed E-state index contributed by atoms with van der Waals surface area (Å²) in [7, 11) is 0. The van der Waals surface area contributed by atoms with Gasteiger partial charge >= 0.3 is 5.97 Å². The van der Waals surface area contributed by atoms with Crippen molar-refractivity contribution in [3.05, 3.63) is 74.6 Å². The SMILES string of the molecule is O=C(CNC(=O)c1cccc([N+](=O)[O-])c1)OCn1nnc2ccccc2c1=O. The van der Waals surface area contributed by atoms with Crippen LogP contribution in [0.3, 0.4) is 0 Å². The minimum absolute atomic E-state index is 0.0265. The van der Waals surface area contributed by atoms with Gasteiger partial charge in [-0.3, -0.25) is 24.5 Å². The van der Waals surface area contributed by atoms with Gasteiger partial charge in [0.05, 0.1) is 10.3 Å². The molecule has 2 aromatic carbocycles. The second-order valence-electron chi connectivity index (χ2n) is 5.55. The lowest BCUT2D eigenvalue weighted by Gasteiger charge is -2.07. The van der Waals surface area contributed by atoms with Gasteiger partial charge in [-0.25, -0.2) is 0 Å². The summed E-state index contributed by atoms with van der Waals surface area (Å²) >= 11 is 0. The maximum atomic E-state index is 12.2. The summed E-state index contributed by atoms with van der Waals surface area (Å²) in [5.74, 6) is -1.50. The lowest BCUT2D eigenvalue weighted by molar-refractivity contribution is -0.384. The lowest BCUT2D eigenvalue weighted by atomic mass is 10.2.